The first-order valence-corrected chi connectivity index (χ1v) is 4.08. The Bertz CT molecular complexity index is 210. The normalized spacial score (nSPS) is 21.9. The molecule has 0 aromatic heterocycles. The first-order valence-electron chi connectivity index (χ1n) is 4.08. The Morgan fingerprint density at radius 2 is 2.27 bits per heavy atom. The molecule has 0 aromatic carbocycles. The van der Waals surface area contributed by atoms with Crippen LogP contribution in [-0.4, -0.2) is 5.78 Å². The van der Waals surface area contributed by atoms with Crippen LogP contribution in [0.1, 0.15) is 33.1 Å². The maximum absolute atomic E-state index is 11.5. The van der Waals surface area contributed by atoms with Crippen LogP contribution in [0.3, 0.4) is 0 Å². The third-order valence-electron chi connectivity index (χ3n) is 2.48. The second kappa shape index (κ2) is 2.65. The molecule has 1 unspecified atom stereocenters. The van der Waals surface area contributed by atoms with Crippen molar-refractivity contribution in [1.29, 1.82) is 5.26 Å². The summed E-state index contributed by atoms with van der Waals surface area (Å²) in [6.45, 7) is 3.84. The Morgan fingerprint density at radius 3 is 2.55 bits per heavy atom. The van der Waals surface area contributed by atoms with E-state index in [0.717, 1.165) is 12.8 Å². The van der Waals surface area contributed by atoms with Crippen LogP contribution in [0, 0.1) is 22.7 Å². The van der Waals surface area contributed by atoms with E-state index < -0.39 is 0 Å². The molecule has 0 N–H and O–H groups in total. The summed E-state index contributed by atoms with van der Waals surface area (Å²) < 4.78 is 0. The monoisotopic (exact) mass is 151 g/mol. The van der Waals surface area contributed by atoms with E-state index in [2.05, 4.69) is 0 Å². The van der Waals surface area contributed by atoms with Gasteiger partial charge in [0.05, 0.1) is 6.07 Å². The largest absolute Gasteiger partial charge is 0.298 e. The van der Waals surface area contributed by atoms with Gasteiger partial charge in [0.1, 0.15) is 5.92 Å². The molecule has 1 saturated carbocycles. The number of carbonyl (C=O) groups excluding carboxylic acids is 1. The van der Waals surface area contributed by atoms with Gasteiger partial charge in [-0.2, -0.15) is 5.26 Å². The summed E-state index contributed by atoms with van der Waals surface area (Å²) in [4.78, 5) is 11.5. The lowest BCUT2D eigenvalue weighted by Crippen LogP contribution is -2.20. The molecular weight excluding hydrogens is 138 g/mol. The lowest BCUT2D eigenvalue weighted by atomic mass is 9.91. The van der Waals surface area contributed by atoms with E-state index in [-0.39, 0.29) is 17.1 Å². The van der Waals surface area contributed by atoms with Crippen molar-refractivity contribution in [2.45, 2.75) is 33.1 Å². The zero-order valence-electron chi connectivity index (χ0n) is 7.05. The highest BCUT2D eigenvalue weighted by Gasteiger charge is 2.46. The van der Waals surface area contributed by atoms with Gasteiger partial charge >= 0.3 is 0 Å². The van der Waals surface area contributed by atoms with E-state index in [1.165, 1.54) is 0 Å². The second-order valence-corrected chi connectivity index (χ2v) is 3.51. The highest BCUT2D eigenvalue weighted by Crippen LogP contribution is 2.47. The predicted octanol–water partition coefficient (Wildman–Crippen LogP) is 1.91. The van der Waals surface area contributed by atoms with E-state index >= 15 is 0 Å². The van der Waals surface area contributed by atoms with Gasteiger partial charge in [0.25, 0.3) is 0 Å². The Hall–Kier alpha value is -0.840. The van der Waals surface area contributed by atoms with Gasteiger partial charge in [0.15, 0.2) is 5.78 Å². The molecule has 0 bridgehead atoms. The van der Waals surface area contributed by atoms with E-state index in [1.807, 2.05) is 19.9 Å². The molecule has 2 heteroatoms. The van der Waals surface area contributed by atoms with Crippen LogP contribution in [0.15, 0.2) is 0 Å². The van der Waals surface area contributed by atoms with Crippen LogP contribution in [0.5, 0.6) is 0 Å². The van der Waals surface area contributed by atoms with Crippen molar-refractivity contribution < 1.29 is 4.79 Å². The summed E-state index contributed by atoms with van der Waals surface area (Å²) in [6.07, 6.45) is 2.61. The number of Topliss-reactive ketones (excluding diaryl/α,β-unsaturated/α-hetero) is 1. The van der Waals surface area contributed by atoms with Crippen LogP contribution < -0.4 is 0 Å². The van der Waals surface area contributed by atoms with Gasteiger partial charge in [-0.25, -0.2) is 0 Å². The van der Waals surface area contributed by atoms with Crippen molar-refractivity contribution in [2.75, 3.05) is 0 Å². The van der Waals surface area contributed by atoms with Gasteiger partial charge in [-0.3, -0.25) is 4.79 Å². The van der Waals surface area contributed by atoms with Crippen LogP contribution in [0.25, 0.3) is 0 Å². The molecule has 1 aliphatic carbocycles. The van der Waals surface area contributed by atoms with Crippen LogP contribution in [0.2, 0.25) is 0 Å². The fourth-order valence-corrected chi connectivity index (χ4v) is 1.19. The van der Waals surface area contributed by atoms with Crippen molar-refractivity contribution in [2.24, 2.45) is 11.3 Å². The van der Waals surface area contributed by atoms with E-state index in [9.17, 15) is 4.79 Å². The SMILES string of the molecule is CCC(C#N)C(=O)C1(C)CC1. The summed E-state index contributed by atoms with van der Waals surface area (Å²) in [5.41, 5.74) is -0.129. The fraction of sp³-hybridized carbons (Fsp3) is 0.778. The molecule has 1 fully saturated rings. The van der Waals surface area contributed by atoms with Crippen molar-refractivity contribution in [1.82, 2.24) is 0 Å². The highest BCUT2D eigenvalue weighted by molar-refractivity contribution is 5.90. The Labute approximate surface area is 67.2 Å². The number of nitrogens with zero attached hydrogens (tertiary/aromatic N) is 1. The van der Waals surface area contributed by atoms with Crippen molar-refractivity contribution >= 4 is 5.78 Å². The van der Waals surface area contributed by atoms with E-state index in [4.69, 9.17) is 5.26 Å². The molecule has 1 rings (SSSR count). The number of nitriles is 1. The molecule has 0 spiro atoms. The molecule has 0 radical (unpaired) electrons. The summed E-state index contributed by atoms with van der Waals surface area (Å²) in [6, 6.07) is 2.05. The average Bonchev–Trinajstić information content (AvgIpc) is 2.72. The minimum absolute atomic E-state index is 0.129. The number of hydrogen-bond donors (Lipinski definition) is 0. The number of hydrogen-bond acceptors (Lipinski definition) is 2. The molecule has 0 heterocycles. The average molecular weight is 151 g/mol. The maximum atomic E-state index is 11.5. The quantitative estimate of drug-likeness (QED) is 0.618. The standard InChI is InChI=1S/C9H13NO/c1-3-7(6-10)8(11)9(2)4-5-9/h7H,3-5H2,1-2H3. The zero-order chi connectivity index (χ0) is 8.48. The Kier molecular flexibility index (Phi) is 1.99. The van der Waals surface area contributed by atoms with Gasteiger partial charge in [-0.05, 0) is 19.3 Å². The molecule has 0 amide bonds. The minimum Gasteiger partial charge on any atom is -0.298 e. The third kappa shape index (κ3) is 1.42. The Balaban J connectivity index is 2.60. The first-order chi connectivity index (χ1) is 5.14. The summed E-state index contributed by atoms with van der Waals surface area (Å²) in [5.74, 6) is -0.204. The highest BCUT2D eigenvalue weighted by atomic mass is 16.1. The molecule has 2 nitrogen and oxygen atoms in total. The van der Waals surface area contributed by atoms with Crippen LogP contribution in [0.4, 0.5) is 0 Å². The van der Waals surface area contributed by atoms with Gasteiger partial charge in [-0.15, -0.1) is 0 Å². The summed E-state index contributed by atoms with van der Waals surface area (Å²) >= 11 is 0. The molecule has 60 valence electrons. The maximum Gasteiger partial charge on any atom is 0.155 e. The topological polar surface area (TPSA) is 40.9 Å². The van der Waals surface area contributed by atoms with Crippen molar-refractivity contribution in [3.8, 4) is 6.07 Å². The van der Waals surface area contributed by atoms with Crippen molar-refractivity contribution in [3.63, 3.8) is 0 Å². The summed E-state index contributed by atoms with van der Waals surface area (Å²) in [7, 11) is 0. The molecule has 0 saturated heterocycles. The fourth-order valence-electron chi connectivity index (χ4n) is 1.19. The van der Waals surface area contributed by atoms with Crippen LogP contribution in [-0.2, 0) is 4.79 Å². The van der Waals surface area contributed by atoms with Crippen molar-refractivity contribution in [3.05, 3.63) is 0 Å². The lowest BCUT2D eigenvalue weighted by Gasteiger charge is -2.09. The predicted molar refractivity (Wildman–Crippen MR) is 41.7 cm³/mol. The van der Waals surface area contributed by atoms with Crippen LogP contribution >= 0.6 is 0 Å². The number of carbonyl (C=O) groups is 1. The van der Waals surface area contributed by atoms with Gasteiger partial charge in [0, 0.05) is 5.41 Å². The minimum atomic E-state index is -0.359. The molecular formula is C9H13NO. The molecule has 1 atom stereocenters. The van der Waals surface area contributed by atoms with Gasteiger partial charge in [-0.1, -0.05) is 13.8 Å². The molecule has 1 aliphatic rings. The zero-order valence-corrected chi connectivity index (χ0v) is 7.05. The molecule has 0 aliphatic heterocycles. The molecule has 0 aromatic rings. The number of rotatable bonds is 3. The second-order valence-electron chi connectivity index (χ2n) is 3.51. The Morgan fingerprint density at radius 1 is 1.73 bits per heavy atom. The number of ketones is 1. The summed E-state index contributed by atoms with van der Waals surface area (Å²) in [5, 5.41) is 8.62. The van der Waals surface area contributed by atoms with E-state index in [0.29, 0.717) is 6.42 Å². The third-order valence-corrected chi connectivity index (χ3v) is 2.48. The lowest BCUT2D eigenvalue weighted by molar-refractivity contribution is -0.126. The first kappa shape index (κ1) is 8.26. The van der Waals surface area contributed by atoms with Gasteiger partial charge < -0.3 is 0 Å². The van der Waals surface area contributed by atoms with Gasteiger partial charge in [0.2, 0.25) is 0 Å². The van der Waals surface area contributed by atoms with E-state index in [1.54, 1.807) is 0 Å². The molecule has 11 heavy (non-hydrogen) atoms. The smallest absolute Gasteiger partial charge is 0.155 e.